The molecule has 232 valence electrons. The minimum absolute atomic E-state index is 0.0154. The third-order valence-electron chi connectivity index (χ3n) is 7.92. The van der Waals surface area contributed by atoms with Gasteiger partial charge in [-0.1, -0.05) is 72.8 Å². The molecule has 0 bridgehead atoms. The van der Waals surface area contributed by atoms with Crippen LogP contribution in [0.1, 0.15) is 36.0 Å². The Balaban J connectivity index is 1.38. The lowest BCUT2D eigenvalue weighted by atomic mass is 9.98. The molecule has 10 nitrogen and oxygen atoms in total. The van der Waals surface area contributed by atoms with Crippen molar-refractivity contribution in [3.8, 4) is 5.75 Å². The van der Waals surface area contributed by atoms with E-state index in [1.165, 1.54) is 4.90 Å². The molecule has 4 amide bonds. The van der Waals surface area contributed by atoms with Crippen LogP contribution in [-0.4, -0.2) is 64.9 Å². The molecular weight excluding hydrogens is 558 g/mol. The number of nitrogens with zero attached hydrogens (tertiary/aromatic N) is 1. The van der Waals surface area contributed by atoms with Gasteiger partial charge in [-0.2, -0.15) is 0 Å². The van der Waals surface area contributed by atoms with Crippen LogP contribution < -0.4 is 22.1 Å². The number of carbonyl (C=O) groups excluding carboxylic acids is 4. The molecule has 0 unspecified atom stereocenters. The molecule has 4 rings (SSSR count). The number of hydrogen-bond acceptors (Lipinski definition) is 6. The second kappa shape index (κ2) is 15.7. The third-order valence-corrected chi connectivity index (χ3v) is 7.92. The molecule has 1 aliphatic heterocycles. The summed E-state index contributed by atoms with van der Waals surface area (Å²) in [6.07, 6.45) is 2.23. The van der Waals surface area contributed by atoms with Crippen molar-refractivity contribution in [3.63, 3.8) is 0 Å². The summed E-state index contributed by atoms with van der Waals surface area (Å²) >= 11 is 0. The normalized spacial score (nSPS) is 16.5. The van der Waals surface area contributed by atoms with E-state index in [4.69, 9.17) is 11.5 Å². The molecule has 1 saturated heterocycles. The summed E-state index contributed by atoms with van der Waals surface area (Å²) in [7, 11) is 0. The van der Waals surface area contributed by atoms with Crippen molar-refractivity contribution in [1.29, 1.82) is 0 Å². The summed E-state index contributed by atoms with van der Waals surface area (Å²) in [5.41, 5.74) is 14.6. The van der Waals surface area contributed by atoms with Gasteiger partial charge in [-0.3, -0.25) is 19.2 Å². The first-order valence-electron chi connectivity index (χ1n) is 15.0. The number of nitrogens with one attached hydrogen (secondary N) is 2. The minimum atomic E-state index is -0.840. The molecule has 1 aliphatic rings. The molecule has 0 aromatic heterocycles. The van der Waals surface area contributed by atoms with Gasteiger partial charge in [-0.05, 0) is 60.9 Å². The molecule has 3 aromatic rings. The van der Waals surface area contributed by atoms with E-state index in [-0.39, 0.29) is 42.9 Å². The lowest BCUT2D eigenvalue weighted by Gasteiger charge is -2.28. The van der Waals surface area contributed by atoms with Gasteiger partial charge in [-0.25, -0.2) is 0 Å². The maximum atomic E-state index is 13.6. The van der Waals surface area contributed by atoms with E-state index in [1.54, 1.807) is 24.3 Å². The number of likely N-dealkylation sites (tertiary alicyclic amines) is 1. The van der Waals surface area contributed by atoms with E-state index >= 15 is 0 Å². The Morgan fingerprint density at radius 2 is 1.43 bits per heavy atom. The third kappa shape index (κ3) is 9.40. The van der Waals surface area contributed by atoms with Crippen LogP contribution in [0.15, 0.2) is 84.9 Å². The summed E-state index contributed by atoms with van der Waals surface area (Å²) in [6.45, 7) is 0.499. The number of nitrogens with two attached hydrogens (primary N) is 2. The number of carbonyl (C=O) groups is 4. The van der Waals surface area contributed by atoms with E-state index < -0.39 is 30.0 Å². The number of hydrogen-bond donors (Lipinski definition) is 5. The number of phenols is 1. The molecule has 10 heteroatoms. The molecule has 0 radical (unpaired) electrons. The van der Waals surface area contributed by atoms with Crippen molar-refractivity contribution < 1.29 is 24.3 Å². The second-order valence-electron chi connectivity index (χ2n) is 11.4. The van der Waals surface area contributed by atoms with Crippen molar-refractivity contribution in [2.45, 2.75) is 56.7 Å². The zero-order chi connectivity index (χ0) is 31.5. The van der Waals surface area contributed by atoms with Gasteiger partial charge in [0.25, 0.3) is 0 Å². The SMILES string of the molecule is NC(=O)[C@@H](CNC(=O)C[C@H](Cc1ccccc1)NC(=O)[C@@H]1CCCN1C(=O)[C@@H](N)Cc1ccc(O)cc1)Cc1ccccc1. The van der Waals surface area contributed by atoms with Crippen LogP contribution >= 0.6 is 0 Å². The van der Waals surface area contributed by atoms with Gasteiger partial charge in [0, 0.05) is 25.6 Å². The van der Waals surface area contributed by atoms with Gasteiger partial charge in [0.1, 0.15) is 11.8 Å². The zero-order valence-corrected chi connectivity index (χ0v) is 24.7. The van der Waals surface area contributed by atoms with E-state index in [1.807, 2.05) is 60.7 Å². The number of rotatable bonds is 14. The van der Waals surface area contributed by atoms with Crippen molar-refractivity contribution in [2.24, 2.45) is 17.4 Å². The zero-order valence-electron chi connectivity index (χ0n) is 24.7. The highest BCUT2D eigenvalue weighted by Crippen LogP contribution is 2.20. The van der Waals surface area contributed by atoms with Crippen LogP contribution in [0.3, 0.4) is 0 Å². The predicted octanol–water partition coefficient (Wildman–Crippen LogP) is 1.83. The van der Waals surface area contributed by atoms with Crippen LogP contribution in [-0.2, 0) is 38.4 Å². The Morgan fingerprint density at radius 3 is 2.05 bits per heavy atom. The molecule has 0 aliphatic carbocycles. The highest BCUT2D eigenvalue weighted by molar-refractivity contribution is 5.91. The van der Waals surface area contributed by atoms with E-state index in [0.29, 0.717) is 32.2 Å². The predicted molar refractivity (Wildman–Crippen MR) is 167 cm³/mol. The van der Waals surface area contributed by atoms with Gasteiger partial charge in [0.05, 0.1) is 12.0 Å². The number of benzene rings is 3. The highest BCUT2D eigenvalue weighted by atomic mass is 16.3. The lowest BCUT2D eigenvalue weighted by molar-refractivity contribution is -0.139. The second-order valence-corrected chi connectivity index (χ2v) is 11.4. The monoisotopic (exact) mass is 599 g/mol. The topological polar surface area (TPSA) is 168 Å². The van der Waals surface area contributed by atoms with Crippen LogP contribution in [0.2, 0.25) is 0 Å². The molecule has 0 spiro atoms. The number of phenolic OH excluding ortho intramolecular Hbond substituents is 1. The van der Waals surface area contributed by atoms with Crippen LogP contribution in [0.5, 0.6) is 5.75 Å². The molecule has 44 heavy (non-hydrogen) atoms. The minimum Gasteiger partial charge on any atom is -0.508 e. The van der Waals surface area contributed by atoms with Crippen LogP contribution in [0, 0.1) is 5.92 Å². The Bertz CT molecular complexity index is 1400. The highest BCUT2D eigenvalue weighted by Gasteiger charge is 2.37. The molecular formula is C34H41N5O5. The maximum absolute atomic E-state index is 13.6. The van der Waals surface area contributed by atoms with E-state index in [2.05, 4.69) is 10.6 Å². The molecule has 1 fully saturated rings. The maximum Gasteiger partial charge on any atom is 0.243 e. The molecule has 4 atom stereocenters. The van der Waals surface area contributed by atoms with Gasteiger partial charge >= 0.3 is 0 Å². The number of amides is 4. The fraction of sp³-hybridized carbons (Fsp3) is 0.353. The summed E-state index contributed by atoms with van der Waals surface area (Å²) < 4.78 is 0. The number of primary amides is 1. The fourth-order valence-corrected chi connectivity index (χ4v) is 5.56. The Labute approximate surface area is 257 Å². The van der Waals surface area contributed by atoms with Crippen LogP contribution in [0.4, 0.5) is 0 Å². The lowest BCUT2D eigenvalue weighted by Crippen LogP contribution is -2.54. The molecule has 0 saturated carbocycles. The van der Waals surface area contributed by atoms with Crippen molar-refractivity contribution in [1.82, 2.24) is 15.5 Å². The van der Waals surface area contributed by atoms with Crippen molar-refractivity contribution in [2.75, 3.05) is 13.1 Å². The van der Waals surface area contributed by atoms with Gasteiger partial charge in [0.2, 0.25) is 23.6 Å². The van der Waals surface area contributed by atoms with E-state index in [0.717, 1.165) is 16.7 Å². The smallest absolute Gasteiger partial charge is 0.243 e. The quantitative estimate of drug-likeness (QED) is 0.189. The molecule has 1 heterocycles. The average Bonchev–Trinajstić information content (AvgIpc) is 3.51. The summed E-state index contributed by atoms with van der Waals surface area (Å²) in [6, 6.07) is 23.4. The van der Waals surface area contributed by atoms with E-state index in [9.17, 15) is 24.3 Å². The first-order valence-corrected chi connectivity index (χ1v) is 15.0. The Morgan fingerprint density at radius 1 is 0.841 bits per heavy atom. The van der Waals surface area contributed by atoms with Gasteiger partial charge in [-0.15, -0.1) is 0 Å². The van der Waals surface area contributed by atoms with Crippen molar-refractivity contribution in [3.05, 3.63) is 102 Å². The first kappa shape index (κ1) is 32.2. The van der Waals surface area contributed by atoms with Crippen LogP contribution in [0.25, 0.3) is 0 Å². The van der Waals surface area contributed by atoms with Crippen molar-refractivity contribution >= 4 is 23.6 Å². The fourth-order valence-electron chi connectivity index (χ4n) is 5.56. The summed E-state index contributed by atoms with van der Waals surface area (Å²) in [5.74, 6) is -1.92. The van der Waals surface area contributed by atoms with Gasteiger partial charge < -0.3 is 32.1 Å². The summed E-state index contributed by atoms with van der Waals surface area (Å²) in [5, 5.41) is 15.4. The standard InChI is InChI=1S/C34H41N5O5/c35-29(20-25-13-15-28(40)16-14-25)34(44)39-17-7-12-30(39)33(43)38-27(19-24-10-5-2-6-11-24)21-31(41)37-22-26(32(36)42)18-23-8-3-1-4-9-23/h1-6,8-11,13-16,26-27,29-30,40H,7,12,17-22,35H2,(H2,36,42)(H,37,41)(H,38,43)/t26-,27+,29+,30+/m1/s1. The Hall–Kier alpha value is -4.70. The average molecular weight is 600 g/mol. The Kier molecular flexibility index (Phi) is 11.5. The van der Waals surface area contributed by atoms with Gasteiger partial charge in [0.15, 0.2) is 0 Å². The summed E-state index contributed by atoms with van der Waals surface area (Å²) in [4.78, 5) is 53.5. The largest absolute Gasteiger partial charge is 0.508 e. The number of aromatic hydroxyl groups is 1. The molecule has 7 N–H and O–H groups in total. The first-order chi connectivity index (χ1) is 21.2. The molecule has 3 aromatic carbocycles.